The number of halogens is 1. The molecule has 0 aliphatic heterocycles. The molecular weight excluding hydrogens is 222 g/mol. The second kappa shape index (κ2) is 4.41. The number of rotatable bonds is 2. The van der Waals surface area contributed by atoms with Crippen LogP contribution in [0, 0.1) is 0 Å². The first kappa shape index (κ1) is 10.8. The highest BCUT2D eigenvalue weighted by Gasteiger charge is 2.02. The summed E-state index contributed by atoms with van der Waals surface area (Å²) in [6.07, 6.45) is 2.41. The Morgan fingerprint density at radius 3 is 2.69 bits per heavy atom. The van der Waals surface area contributed by atoms with E-state index < -0.39 is 0 Å². The Morgan fingerprint density at radius 2 is 2.00 bits per heavy atom. The molecule has 0 unspecified atom stereocenters. The van der Waals surface area contributed by atoms with Crippen LogP contribution in [0.25, 0.3) is 0 Å². The van der Waals surface area contributed by atoms with Gasteiger partial charge < -0.3 is 11.5 Å². The van der Waals surface area contributed by atoms with Gasteiger partial charge in [-0.05, 0) is 23.3 Å². The number of hydrogen-bond donors (Lipinski definition) is 2. The summed E-state index contributed by atoms with van der Waals surface area (Å²) in [4.78, 5) is 4.02. The summed E-state index contributed by atoms with van der Waals surface area (Å²) < 4.78 is 0. The summed E-state index contributed by atoms with van der Waals surface area (Å²) in [5.41, 5.74) is 14.1. The molecule has 0 spiro atoms. The minimum atomic E-state index is 0.437. The fourth-order valence-electron chi connectivity index (χ4n) is 1.53. The van der Waals surface area contributed by atoms with Crippen LogP contribution in [0.2, 0.25) is 5.02 Å². The Morgan fingerprint density at radius 1 is 1.19 bits per heavy atom. The molecule has 82 valence electrons. The van der Waals surface area contributed by atoms with Crippen LogP contribution in [0.4, 0.5) is 11.5 Å². The largest absolute Gasteiger partial charge is 0.398 e. The smallest absolute Gasteiger partial charge is 0.125 e. The summed E-state index contributed by atoms with van der Waals surface area (Å²) in [6.45, 7) is 0. The SMILES string of the molecule is Nc1cc(N)c(Cc2cccc(Cl)c2)cn1. The van der Waals surface area contributed by atoms with Gasteiger partial charge in [-0.2, -0.15) is 0 Å². The van der Waals surface area contributed by atoms with E-state index in [1.54, 1.807) is 12.3 Å². The van der Waals surface area contributed by atoms with E-state index in [9.17, 15) is 0 Å². The standard InChI is InChI=1S/C12H12ClN3/c13-10-3-1-2-8(5-10)4-9-7-16-12(15)6-11(9)14/h1-3,5-7H,4H2,(H4,14,15,16). The average Bonchev–Trinajstić information content (AvgIpc) is 2.22. The van der Waals surface area contributed by atoms with Gasteiger partial charge in [0, 0.05) is 29.4 Å². The van der Waals surface area contributed by atoms with Gasteiger partial charge in [-0.3, -0.25) is 0 Å². The molecule has 0 bridgehead atoms. The van der Waals surface area contributed by atoms with Crippen molar-refractivity contribution in [2.75, 3.05) is 11.5 Å². The number of aromatic nitrogens is 1. The lowest BCUT2D eigenvalue weighted by Crippen LogP contribution is -1.99. The summed E-state index contributed by atoms with van der Waals surface area (Å²) in [7, 11) is 0. The second-order valence-electron chi connectivity index (χ2n) is 3.61. The van der Waals surface area contributed by atoms with Gasteiger partial charge >= 0.3 is 0 Å². The van der Waals surface area contributed by atoms with E-state index >= 15 is 0 Å². The first-order valence-corrected chi connectivity index (χ1v) is 5.27. The molecule has 4 N–H and O–H groups in total. The minimum Gasteiger partial charge on any atom is -0.398 e. The maximum absolute atomic E-state index is 5.91. The van der Waals surface area contributed by atoms with Crippen LogP contribution in [-0.4, -0.2) is 4.98 Å². The maximum atomic E-state index is 5.91. The van der Waals surface area contributed by atoms with E-state index in [2.05, 4.69) is 4.98 Å². The third-order valence-electron chi connectivity index (χ3n) is 2.33. The second-order valence-corrected chi connectivity index (χ2v) is 4.05. The molecule has 0 saturated carbocycles. The molecule has 2 rings (SSSR count). The molecule has 0 saturated heterocycles. The predicted octanol–water partition coefficient (Wildman–Crippen LogP) is 2.49. The Balaban J connectivity index is 2.27. The van der Waals surface area contributed by atoms with Gasteiger partial charge in [0.1, 0.15) is 5.82 Å². The highest BCUT2D eigenvalue weighted by atomic mass is 35.5. The quantitative estimate of drug-likeness (QED) is 0.838. The Labute approximate surface area is 99.1 Å². The molecule has 16 heavy (non-hydrogen) atoms. The van der Waals surface area contributed by atoms with Crippen molar-refractivity contribution < 1.29 is 0 Å². The fourth-order valence-corrected chi connectivity index (χ4v) is 1.74. The van der Waals surface area contributed by atoms with Crippen LogP contribution in [0.3, 0.4) is 0 Å². The van der Waals surface area contributed by atoms with Crippen molar-refractivity contribution in [3.8, 4) is 0 Å². The lowest BCUT2D eigenvalue weighted by Gasteiger charge is -2.06. The molecule has 1 aromatic carbocycles. The number of anilines is 2. The molecule has 4 heteroatoms. The molecule has 0 atom stereocenters. The van der Waals surface area contributed by atoms with Crippen LogP contribution >= 0.6 is 11.6 Å². The van der Waals surface area contributed by atoms with Crippen molar-refractivity contribution in [3.63, 3.8) is 0 Å². The van der Waals surface area contributed by atoms with Gasteiger partial charge in [0.25, 0.3) is 0 Å². The highest BCUT2D eigenvalue weighted by molar-refractivity contribution is 6.30. The molecule has 3 nitrogen and oxygen atoms in total. The monoisotopic (exact) mass is 233 g/mol. The zero-order chi connectivity index (χ0) is 11.5. The zero-order valence-electron chi connectivity index (χ0n) is 8.65. The van der Waals surface area contributed by atoms with Crippen LogP contribution < -0.4 is 11.5 Å². The summed E-state index contributed by atoms with van der Waals surface area (Å²) in [6, 6.07) is 9.34. The molecule has 0 aliphatic rings. The van der Waals surface area contributed by atoms with E-state index in [1.165, 1.54) is 0 Å². The Hall–Kier alpha value is -1.74. The predicted molar refractivity (Wildman–Crippen MR) is 67.3 cm³/mol. The van der Waals surface area contributed by atoms with Gasteiger partial charge in [-0.1, -0.05) is 23.7 Å². The Bertz CT molecular complexity index is 511. The average molecular weight is 234 g/mol. The fraction of sp³-hybridized carbons (Fsp3) is 0.0833. The van der Waals surface area contributed by atoms with Gasteiger partial charge in [-0.25, -0.2) is 4.98 Å². The third-order valence-corrected chi connectivity index (χ3v) is 2.56. The lowest BCUT2D eigenvalue weighted by atomic mass is 10.1. The van der Waals surface area contributed by atoms with E-state index in [-0.39, 0.29) is 0 Å². The first-order chi connectivity index (χ1) is 7.65. The van der Waals surface area contributed by atoms with Gasteiger partial charge in [0.15, 0.2) is 0 Å². The molecule has 2 aromatic rings. The number of nitrogens with zero attached hydrogens (tertiary/aromatic N) is 1. The van der Waals surface area contributed by atoms with E-state index in [4.69, 9.17) is 23.1 Å². The van der Waals surface area contributed by atoms with E-state index in [0.29, 0.717) is 17.9 Å². The molecule has 0 amide bonds. The van der Waals surface area contributed by atoms with E-state index in [0.717, 1.165) is 16.1 Å². The van der Waals surface area contributed by atoms with Crippen LogP contribution in [0.15, 0.2) is 36.5 Å². The summed E-state index contributed by atoms with van der Waals surface area (Å²) >= 11 is 5.91. The lowest BCUT2D eigenvalue weighted by molar-refractivity contribution is 1.15. The normalized spacial score (nSPS) is 10.3. The van der Waals surface area contributed by atoms with Gasteiger partial charge in [0.2, 0.25) is 0 Å². The topological polar surface area (TPSA) is 64.9 Å². The summed E-state index contributed by atoms with van der Waals surface area (Å²) in [5.74, 6) is 0.437. The number of benzene rings is 1. The third kappa shape index (κ3) is 2.44. The van der Waals surface area contributed by atoms with Crippen molar-refractivity contribution in [1.82, 2.24) is 4.98 Å². The van der Waals surface area contributed by atoms with Crippen LogP contribution in [0.1, 0.15) is 11.1 Å². The summed E-state index contributed by atoms with van der Waals surface area (Å²) in [5, 5.41) is 0.722. The van der Waals surface area contributed by atoms with Gasteiger partial charge in [0.05, 0.1) is 0 Å². The van der Waals surface area contributed by atoms with Crippen molar-refractivity contribution >= 4 is 23.1 Å². The number of nitrogen functional groups attached to an aromatic ring is 2. The Kier molecular flexibility index (Phi) is 2.97. The van der Waals surface area contributed by atoms with Crippen LogP contribution in [-0.2, 0) is 6.42 Å². The van der Waals surface area contributed by atoms with Crippen molar-refractivity contribution in [1.29, 1.82) is 0 Å². The van der Waals surface area contributed by atoms with Crippen LogP contribution in [0.5, 0.6) is 0 Å². The zero-order valence-corrected chi connectivity index (χ0v) is 9.41. The minimum absolute atomic E-state index is 0.437. The molecule has 1 heterocycles. The number of hydrogen-bond acceptors (Lipinski definition) is 3. The molecule has 0 fully saturated rings. The van der Waals surface area contributed by atoms with Crippen molar-refractivity contribution in [2.45, 2.75) is 6.42 Å². The molecule has 0 aliphatic carbocycles. The maximum Gasteiger partial charge on any atom is 0.125 e. The molecular formula is C12H12ClN3. The number of pyridine rings is 1. The first-order valence-electron chi connectivity index (χ1n) is 4.89. The molecule has 0 radical (unpaired) electrons. The van der Waals surface area contributed by atoms with E-state index in [1.807, 2.05) is 24.3 Å². The molecule has 1 aromatic heterocycles. The van der Waals surface area contributed by atoms with Gasteiger partial charge in [-0.15, -0.1) is 0 Å². The number of nitrogens with two attached hydrogens (primary N) is 2. The van der Waals surface area contributed by atoms with Crippen molar-refractivity contribution in [2.24, 2.45) is 0 Å². The highest BCUT2D eigenvalue weighted by Crippen LogP contribution is 2.19. The van der Waals surface area contributed by atoms with Crippen molar-refractivity contribution in [3.05, 3.63) is 52.7 Å².